The Labute approximate surface area is 99.8 Å². The van der Waals surface area contributed by atoms with Gasteiger partial charge in [-0.05, 0) is 18.3 Å². The molecule has 1 saturated heterocycles. The number of carbonyl (C=O) groups is 3. The molecule has 0 aromatic carbocycles. The average molecular weight is 239 g/mol. The van der Waals surface area contributed by atoms with Crippen molar-refractivity contribution in [1.29, 1.82) is 0 Å². The molecule has 2 aliphatic rings. The molecule has 2 bridgehead atoms. The molecule has 2 fully saturated rings. The molecular formula is C12H17NO4. The first-order valence-electron chi connectivity index (χ1n) is 5.79. The molecule has 2 atom stereocenters. The van der Waals surface area contributed by atoms with Crippen LogP contribution in [0.25, 0.3) is 0 Å². The molecule has 0 spiro atoms. The van der Waals surface area contributed by atoms with Crippen molar-refractivity contribution < 1.29 is 19.5 Å². The van der Waals surface area contributed by atoms with Gasteiger partial charge in [-0.2, -0.15) is 0 Å². The number of hydrogen-bond donors (Lipinski definition) is 1. The lowest BCUT2D eigenvalue weighted by Crippen LogP contribution is -2.59. The number of imide groups is 1. The maximum absolute atomic E-state index is 12.3. The number of rotatable bonds is 2. The summed E-state index contributed by atoms with van der Waals surface area (Å²) in [6.07, 6.45) is 1.33. The fraction of sp³-hybridized carbons (Fsp3) is 0.750. The monoisotopic (exact) mass is 239 g/mol. The fourth-order valence-corrected chi connectivity index (χ4v) is 3.19. The van der Waals surface area contributed by atoms with Crippen LogP contribution in [0.5, 0.6) is 0 Å². The molecule has 1 N–H and O–H groups in total. The second-order valence-corrected chi connectivity index (χ2v) is 5.77. The lowest BCUT2D eigenvalue weighted by Gasteiger charge is -2.47. The number of likely N-dealkylation sites (tertiary alicyclic amines) is 1. The number of amides is 2. The van der Waals surface area contributed by atoms with Crippen molar-refractivity contribution in [3.05, 3.63) is 0 Å². The van der Waals surface area contributed by atoms with Crippen LogP contribution in [0, 0.1) is 16.7 Å². The van der Waals surface area contributed by atoms with Crippen molar-refractivity contribution in [3.63, 3.8) is 0 Å². The summed E-state index contributed by atoms with van der Waals surface area (Å²) in [5.74, 6) is -2.03. The Balaban J connectivity index is 2.42. The summed E-state index contributed by atoms with van der Waals surface area (Å²) in [7, 11) is 0. The van der Waals surface area contributed by atoms with E-state index in [0.717, 1.165) is 4.90 Å². The number of hydrogen-bond acceptors (Lipinski definition) is 3. The summed E-state index contributed by atoms with van der Waals surface area (Å²) in [5.41, 5.74) is -0.989. The van der Waals surface area contributed by atoms with Crippen LogP contribution in [-0.4, -0.2) is 34.3 Å². The van der Waals surface area contributed by atoms with Crippen molar-refractivity contribution in [3.8, 4) is 0 Å². The van der Waals surface area contributed by atoms with Crippen LogP contribution in [0.4, 0.5) is 0 Å². The van der Waals surface area contributed by atoms with E-state index < -0.39 is 17.9 Å². The van der Waals surface area contributed by atoms with Crippen LogP contribution in [0.1, 0.15) is 33.6 Å². The predicted octanol–water partition coefficient (Wildman–Crippen LogP) is 0.882. The highest BCUT2D eigenvalue weighted by molar-refractivity contribution is 6.05. The molecule has 0 unspecified atom stereocenters. The molecule has 2 amide bonds. The van der Waals surface area contributed by atoms with Crippen LogP contribution in [0.3, 0.4) is 0 Å². The van der Waals surface area contributed by atoms with Gasteiger partial charge in [-0.25, -0.2) is 0 Å². The maximum Gasteiger partial charge on any atom is 0.323 e. The summed E-state index contributed by atoms with van der Waals surface area (Å²) >= 11 is 0. The van der Waals surface area contributed by atoms with Gasteiger partial charge in [0.1, 0.15) is 6.54 Å². The molecule has 1 aliphatic heterocycles. The van der Waals surface area contributed by atoms with Gasteiger partial charge >= 0.3 is 5.97 Å². The van der Waals surface area contributed by atoms with Gasteiger partial charge in [-0.15, -0.1) is 0 Å². The Morgan fingerprint density at radius 2 is 2.00 bits per heavy atom. The molecule has 1 heterocycles. The molecule has 1 aliphatic carbocycles. The first-order chi connectivity index (χ1) is 7.72. The van der Waals surface area contributed by atoms with Crippen molar-refractivity contribution in [2.24, 2.45) is 16.7 Å². The Bertz CT molecular complexity index is 415. The van der Waals surface area contributed by atoms with Gasteiger partial charge in [-0.3, -0.25) is 19.3 Å². The third-order valence-electron chi connectivity index (χ3n) is 4.80. The minimum absolute atomic E-state index is 0.232. The quantitative estimate of drug-likeness (QED) is 0.726. The highest BCUT2D eigenvalue weighted by Gasteiger charge is 2.64. The zero-order valence-corrected chi connectivity index (χ0v) is 10.3. The first kappa shape index (κ1) is 12.1. The van der Waals surface area contributed by atoms with Crippen LogP contribution < -0.4 is 0 Å². The highest BCUT2D eigenvalue weighted by atomic mass is 16.4. The molecular weight excluding hydrogens is 222 g/mol. The number of carboxylic acids is 1. The maximum atomic E-state index is 12.3. The van der Waals surface area contributed by atoms with E-state index in [-0.39, 0.29) is 23.1 Å². The zero-order chi connectivity index (χ0) is 13.0. The van der Waals surface area contributed by atoms with Gasteiger partial charge in [0.2, 0.25) is 11.8 Å². The first-order valence-corrected chi connectivity index (χ1v) is 5.79. The number of nitrogens with zero attached hydrogens (tertiary/aromatic N) is 1. The van der Waals surface area contributed by atoms with Crippen molar-refractivity contribution in [1.82, 2.24) is 4.90 Å². The van der Waals surface area contributed by atoms with Crippen LogP contribution >= 0.6 is 0 Å². The molecule has 17 heavy (non-hydrogen) atoms. The number of carbonyl (C=O) groups excluding carboxylic acids is 2. The molecule has 5 nitrogen and oxygen atoms in total. The van der Waals surface area contributed by atoms with E-state index in [4.69, 9.17) is 5.11 Å². The smallest absolute Gasteiger partial charge is 0.323 e. The van der Waals surface area contributed by atoms with E-state index in [1.165, 1.54) is 0 Å². The summed E-state index contributed by atoms with van der Waals surface area (Å²) < 4.78 is 0. The lowest BCUT2D eigenvalue weighted by molar-refractivity contribution is -0.171. The largest absolute Gasteiger partial charge is 0.480 e. The second kappa shape index (κ2) is 3.31. The number of fused-ring (bicyclic) bond motifs is 2. The van der Waals surface area contributed by atoms with E-state index >= 15 is 0 Å². The molecule has 2 rings (SSSR count). The Kier molecular flexibility index (Phi) is 2.35. The molecule has 0 aromatic heterocycles. The number of carboxylic acid groups (broad SMARTS) is 1. The third kappa shape index (κ3) is 1.34. The van der Waals surface area contributed by atoms with Crippen molar-refractivity contribution >= 4 is 17.8 Å². The molecule has 0 radical (unpaired) electrons. The lowest BCUT2D eigenvalue weighted by atomic mass is 9.62. The standard InChI is InChI=1S/C12H17NO4/c1-11(2)7-4-5-12(11,3)10(17)13(9(7)16)6-8(14)15/h7H,4-6H2,1-3H3,(H,14,15)/t7-,12+/m1/s1. The van der Waals surface area contributed by atoms with E-state index in [1.54, 1.807) is 0 Å². The summed E-state index contributed by atoms with van der Waals surface area (Å²) in [6.45, 7) is 5.19. The molecule has 94 valence electrons. The van der Waals surface area contributed by atoms with Crippen LogP contribution in [0.15, 0.2) is 0 Å². The predicted molar refractivity (Wildman–Crippen MR) is 59.0 cm³/mol. The molecule has 5 heteroatoms. The second-order valence-electron chi connectivity index (χ2n) is 5.77. The van der Waals surface area contributed by atoms with E-state index in [0.29, 0.717) is 12.8 Å². The number of piperidine rings is 1. The van der Waals surface area contributed by atoms with E-state index in [1.807, 2.05) is 20.8 Å². The highest BCUT2D eigenvalue weighted by Crippen LogP contribution is 2.59. The topological polar surface area (TPSA) is 74.7 Å². The molecule has 1 saturated carbocycles. The van der Waals surface area contributed by atoms with Crippen molar-refractivity contribution in [2.75, 3.05) is 6.54 Å². The summed E-state index contributed by atoms with van der Waals surface area (Å²) in [6, 6.07) is 0. The van der Waals surface area contributed by atoms with Gasteiger partial charge in [0.05, 0.1) is 5.41 Å². The average Bonchev–Trinajstić information content (AvgIpc) is 2.40. The zero-order valence-electron chi connectivity index (χ0n) is 10.3. The van der Waals surface area contributed by atoms with Gasteiger partial charge in [0.15, 0.2) is 0 Å². The van der Waals surface area contributed by atoms with Crippen LogP contribution in [-0.2, 0) is 14.4 Å². The van der Waals surface area contributed by atoms with Crippen molar-refractivity contribution in [2.45, 2.75) is 33.6 Å². The fourth-order valence-electron chi connectivity index (χ4n) is 3.19. The minimum atomic E-state index is -1.14. The van der Waals surface area contributed by atoms with Gasteiger partial charge < -0.3 is 5.11 Å². The normalized spacial score (nSPS) is 35.2. The third-order valence-corrected chi connectivity index (χ3v) is 4.80. The summed E-state index contributed by atoms with van der Waals surface area (Å²) in [4.78, 5) is 36.1. The summed E-state index contributed by atoms with van der Waals surface area (Å²) in [5, 5.41) is 8.76. The van der Waals surface area contributed by atoms with Gasteiger partial charge in [0.25, 0.3) is 0 Å². The number of aliphatic carboxylic acids is 1. The Morgan fingerprint density at radius 1 is 1.41 bits per heavy atom. The van der Waals surface area contributed by atoms with E-state index in [9.17, 15) is 14.4 Å². The van der Waals surface area contributed by atoms with Gasteiger partial charge in [-0.1, -0.05) is 20.8 Å². The van der Waals surface area contributed by atoms with Gasteiger partial charge in [0, 0.05) is 5.92 Å². The Hall–Kier alpha value is -1.39. The Morgan fingerprint density at radius 3 is 2.53 bits per heavy atom. The molecule has 0 aromatic rings. The van der Waals surface area contributed by atoms with Crippen LogP contribution in [0.2, 0.25) is 0 Å². The SMILES string of the molecule is CC1(C)[C@@H]2CC[C@@]1(C)C(=O)N(CC(=O)O)C2=O. The van der Waals surface area contributed by atoms with E-state index in [2.05, 4.69) is 0 Å². The minimum Gasteiger partial charge on any atom is -0.480 e.